The predicted molar refractivity (Wildman–Crippen MR) is 98.1 cm³/mol. The zero-order valence-corrected chi connectivity index (χ0v) is 16.0. The first-order valence-electron chi connectivity index (χ1n) is 6.51. The quantitative estimate of drug-likeness (QED) is 0.531. The Labute approximate surface area is 160 Å². The van der Waals surface area contributed by atoms with E-state index in [1.807, 2.05) is 0 Å². The van der Waals surface area contributed by atoms with E-state index in [1.54, 1.807) is 36.4 Å². The van der Waals surface area contributed by atoms with Crippen LogP contribution in [0.1, 0.15) is 17.0 Å². The van der Waals surface area contributed by atoms with Crippen molar-refractivity contribution in [1.29, 1.82) is 0 Å². The summed E-state index contributed by atoms with van der Waals surface area (Å²) in [5.41, 5.74) is 1.25. The van der Waals surface area contributed by atoms with Crippen LogP contribution in [0.2, 0.25) is 10.0 Å². The fourth-order valence-corrected chi connectivity index (χ4v) is 3.45. The van der Waals surface area contributed by atoms with Gasteiger partial charge in [0, 0.05) is 21.2 Å². The zero-order valence-electron chi connectivity index (χ0n) is 12.2. The Hall–Kier alpha value is -0.510. The first kappa shape index (κ1) is 18.8. The molecule has 0 unspecified atom stereocenters. The number of alkyl halides is 3. The molecule has 0 fully saturated rings. The van der Waals surface area contributed by atoms with Crippen LogP contribution in [0.15, 0.2) is 36.4 Å². The number of methoxy groups -OCH3 is 2. The van der Waals surface area contributed by atoms with Crippen LogP contribution in [-0.4, -0.2) is 18.0 Å². The van der Waals surface area contributed by atoms with Gasteiger partial charge in [0.25, 0.3) is 0 Å². The number of ether oxygens (including phenoxy) is 2. The van der Waals surface area contributed by atoms with Gasteiger partial charge in [-0.25, -0.2) is 0 Å². The van der Waals surface area contributed by atoms with Gasteiger partial charge in [-0.1, -0.05) is 58.0 Å². The fourth-order valence-electron chi connectivity index (χ4n) is 2.38. The highest BCUT2D eigenvalue weighted by Crippen LogP contribution is 2.51. The van der Waals surface area contributed by atoms with Crippen molar-refractivity contribution >= 4 is 58.0 Å². The third-order valence-corrected chi connectivity index (χ3v) is 4.46. The molecule has 0 N–H and O–H groups in total. The van der Waals surface area contributed by atoms with E-state index in [-0.39, 0.29) is 0 Å². The highest BCUT2D eigenvalue weighted by molar-refractivity contribution is 6.68. The van der Waals surface area contributed by atoms with Crippen molar-refractivity contribution in [1.82, 2.24) is 0 Å². The Bertz CT molecular complexity index is 644. The zero-order chi connectivity index (χ0) is 17.2. The van der Waals surface area contributed by atoms with Gasteiger partial charge in [0.1, 0.15) is 11.5 Å². The summed E-state index contributed by atoms with van der Waals surface area (Å²) in [6, 6.07) is 10.2. The fraction of sp³-hybridized carbons (Fsp3) is 0.250. The molecule has 2 aromatic carbocycles. The molecule has 0 atom stereocenters. The first-order valence-corrected chi connectivity index (χ1v) is 8.40. The summed E-state index contributed by atoms with van der Waals surface area (Å²) < 4.78 is 9.12. The second kappa shape index (κ2) is 7.58. The van der Waals surface area contributed by atoms with Crippen molar-refractivity contribution in [3.8, 4) is 11.5 Å². The molecule has 0 heterocycles. The lowest BCUT2D eigenvalue weighted by atomic mass is 9.91. The van der Waals surface area contributed by atoms with Crippen LogP contribution in [0.25, 0.3) is 0 Å². The van der Waals surface area contributed by atoms with Gasteiger partial charge in [0.2, 0.25) is 3.79 Å². The molecule has 0 saturated heterocycles. The maximum absolute atomic E-state index is 6.26. The van der Waals surface area contributed by atoms with Gasteiger partial charge >= 0.3 is 0 Å². The molecule has 23 heavy (non-hydrogen) atoms. The third kappa shape index (κ3) is 4.32. The van der Waals surface area contributed by atoms with Gasteiger partial charge in [0.15, 0.2) is 0 Å². The van der Waals surface area contributed by atoms with E-state index in [9.17, 15) is 0 Å². The number of halogens is 5. The molecule has 0 bridgehead atoms. The summed E-state index contributed by atoms with van der Waals surface area (Å²) in [4.78, 5) is 0. The minimum absolute atomic E-state index is 0.501. The molecule has 0 aliphatic heterocycles. The van der Waals surface area contributed by atoms with Crippen LogP contribution in [0.4, 0.5) is 0 Å². The summed E-state index contributed by atoms with van der Waals surface area (Å²) in [6.07, 6.45) is 0. The molecular weight excluding hydrogens is 401 g/mol. The Kier molecular flexibility index (Phi) is 6.21. The molecule has 0 amide bonds. The lowest BCUT2D eigenvalue weighted by Crippen LogP contribution is -2.20. The molecule has 0 aliphatic rings. The molecular formula is C16H13Cl5O2. The van der Waals surface area contributed by atoms with Gasteiger partial charge < -0.3 is 9.47 Å². The molecule has 2 nitrogen and oxygen atoms in total. The normalized spacial score (nSPS) is 11.7. The van der Waals surface area contributed by atoms with E-state index in [4.69, 9.17) is 67.5 Å². The third-order valence-electron chi connectivity index (χ3n) is 3.33. The lowest BCUT2D eigenvalue weighted by Gasteiger charge is -2.28. The summed E-state index contributed by atoms with van der Waals surface area (Å²) in [7, 11) is 3.08. The van der Waals surface area contributed by atoms with Crippen molar-refractivity contribution in [3.05, 3.63) is 57.6 Å². The number of benzene rings is 2. The Morgan fingerprint density at radius 3 is 1.48 bits per heavy atom. The van der Waals surface area contributed by atoms with Crippen molar-refractivity contribution < 1.29 is 9.47 Å². The van der Waals surface area contributed by atoms with Crippen LogP contribution in [0.3, 0.4) is 0 Å². The van der Waals surface area contributed by atoms with Gasteiger partial charge in [-0.15, -0.1) is 0 Å². The van der Waals surface area contributed by atoms with Gasteiger partial charge in [-0.3, -0.25) is 0 Å². The maximum atomic E-state index is 6.26. The van der Waals surface area contributed by atoms with Crippen molar-refractivity contribution in [3.63, 3.8) is 0 Å². The van der Waals surface area contributed by atoms with Crippen LogP contribution in [-0.2, 0) is 0 Å². The SMILES string of the molecule is COc1ccc(Cl)cc1C(c1cc(Cl)ccc1OC)C(Cl)(Cl)Cl. The average molecular weight is 415 g/mol. The highest BCUT2D eigenvalue weighted by Gasteiger charge is 2.39. The van der Waals surface area contributed by atoms with E-state index in [0.29, 0.717) is 32.7 Å². The summed E-state index contributed by atoms with van der Waals surface area (Å²) >= 11 is 31.0. The van der Waals surface area contributed by atoms with E-state index in [1.165, 1.54) is 14.2 Å². The summed E-state index contributed by atoms with van der Waals surface area (Å²) in [5, 5.41) is 1.00. The largest absolute Gasteiger partial charge is 0.496 e. The second-order valence-electron chi connectivity index (χ2n) is 4.75. The summed E-state index contributed by atoms with van der Waals surface area (Å²) in [6.45, 7) is 0. The Morgan fingerprint density at radius 2 is 1.17 bits per heavy atom. The molecule has 7 heteroatoms. The van der Waals surface area contributed by atoms with E-state index in [0.717, 1.165) is 0 Å². The van der Waals surface area contributed by atoms with Crippen molar-refractivity contribution in [2.45, 2.75) is 9.71 Å². The average Bonchev–Trinajstić information content (AvgIpc) is 2.46. The monoisotopic (exact) mass is 412 g/mol. The molecule has 2 rings (SSSR count). The molecule has 0 spiro atoms. The Morgan fingerprint density at radius 1 is 0.783 bits per heavy atom. The smallest absolute Gasteiger partial charge is 0.201 e. The molecule has 0 saturated carbocycles. The molecule has 0 aromatic heterocycles. The minimum atomic E-state index is -1.67. The van der Waals surface area contributed by atoms with Crippen molar-refractivity contribution in [2.75, 3.05) is 14.2 Å². The summed E-state index contributed by atoms with van der Waals surface area (Å²) in [5.74, 6) is 0.412. The minimum Gasteiger partial charge on any atom is -0.496 e. The van der Waals surface area contributed by atoms with Crippen LogP contribution >= 0.6 is 58.0 Å². The second-order valence-corrected chi connectivity index (χ2v) is 7.99. The number of hydrogen-bond donors (Lipinski definition) is 0. The highest BCUT2D eigenvalue weighted by atomic mass is 35.6. The molecule has 124 valence electrons. The van der Waals surface area contributed by atoms with Gasteiger partial charge in [0.05, 0.1) is 20.1 Å². The molecule has 0 radical (unpaired) electrons. The van der Waals surface area contributed by atoms with Gasteiger partial charge in [-0.2, -0.15) is 0 Å². The van der Waals surface area contributed by atoms with Crippen molar-refractivity contribution in [2.24, 2.45) is 0 Å². The van der Waals surface area contributed by atoms with Crippen LogP contribution in [0.5, 0.6) is 11.5 Å². The maximum Gasteiger partial charge on any atom is 0.201 e. The van der Waals surface area contributed by atoms with Gasteiger partial charge in [-0.05, 0) is 36.4 Å². The standard InChI is InChI=1S/C16H13Cl5O2/c1-22-13-5-3-9(17)7-11(13)15(16(19,20)21)12-8-10(18)4-6-14(12)23-2/h3-8,15H,1-2H3. The van der Waals surface area contributed by atoms with Crippen LogP contribution < -0.4 is 9.47 Å². The van der Waals surface area contributed by atoms with E-state index >= 15 is 0 Å². The van der Waals surface area contributed by atoms with E-state index < -0.39 is 9.71 Å². The number of hydrogen-bond acceptors (Lipinski definition) is 2. The molecule has 2 aromatic rings. The lowest BCUT2D eigenvalue weighted by molar-refractivity contribution is 0.400. The predicted octanol–water partition coefficient (Wildman–Crippen LogP) is 6.51. The first-order chi connectivity index (χ1) is 10.8. The van der Waals surface area contributed by atoms with Crippen LogP contribution in [0, 0.1) is 0 Å². The number of rotatable bonds is 4. The molecule has 0 aliphatic carbocycles. The topological polar surface area (TPSA) is 18.5 Å². The Balaban J connectivity index is 2.74. The van der Waals surface area contributed by atoms with E-state index in [2.05, 4.69) is 0 Å².